The van der Waals surface area contributed by atoms with Gasteiger partial charge in [0.2, 0.25) is 5.91 Å². The van der Waals surface area contributed by atoms with Crippen molar-refractivity contribution in [3.8, 4) is 0 Å². The molecule has 3 rings (SSSR count). The highest BCUT2D eigenvalue weighted by Gasteiger charge is 2.10. The van der Waals surface area contributed by atoms with Crippen LogP contribution in [0.2, 0.25) is 0 Å². The summed E-state index contributed by atoms with van der Waals surface area (Å²) in [7, 11) is 0. The fraction of sp³-hybridized carbons (Fsp3) is 0.263. The van der Waals surface area contributed by atoms with Crippen LogP contribution in [0.4, 0.5) is 5.13 Å². The first-order chi connectivity index (χ1) is 11.5. The van der Waals surface area contributed by atoms with Crippen LogP contribution in [0.15, 0.2) is 41.3 Å². The van der Waals surface area contributed by atoms with E-state index in [1.807, 2.05) is 12.1 Å². The van der Waals surface area contributed by atoms with Crippen molar-refractivity contribution in [2.45, 2.75) is 32.1 Å². The Morgan fingerprint density at radius 1 is 1.21 bits per heavy atom. The monoisotopic (exact) mass is 356 g/mol. The molecule has 0 spiro atoms. The molecule has 1 heterocycles. The van der Waals surface area contributed by atoms with E-state index in [2.05, 4.69) is 55.3 Å². The van der Waals surface area contributed by atoms with Crippen molar-refractivity contribution in [3.05, 3.63) is 53.1 Å². The maximum atomic E-state index is 12.3. The van der Waals surface area contributed by atoms with Gasteiger partial charge >= 0.3 is 0 Å². The third kappa shape index (κ3) is 3.97. The van der Waals surface area contributed by atoms with E-state index in [1.54, 1.807) is 11.8 Å². The number of rotatable bonds is 5. The topological polar surface area (TPSA) is 42.0 Å². The molecule has 3 aromatic rings. The van der Waals surface area contributed by atoms with Crippen LogP contribution in [-0.4, -0.2) is 16.6 Å². The average molecular weight is 357 g/mol. The Labute approximate surface area is 150 Å². The molecule has 1 aromatic heterocycles. The Morgan fingerprint density at radius 2 is 1.96 bits per heavy atom. The highest BCUT2D eigenvalue weighted by molar-refractivity contribution is 7.99. The summed E-state index contributed by atoms with van der Waals surface area (Å²) in [6, 6.07) is 12.4. The molecular formula is C19H20N2OS2. The van der Waals surface area contributed by atoms with Crippen molar-refractivity contribution in [2.24, 2.45) is 0 Å². The van der Waals surface area contributed by atoms with E-state index in [0.717, 1.165) is 27.1 Å². The number of thiazole rings is 1. The van der Waals surface area contributed by atoms with Gasteiger partial charge in [-0.1, -0.05) is 36.5 Å². The number of thioether (sulfide) groups is 1. The summed E-state index contributed by atoms with van der Waals surface area (Å²) in [5.41, 5.74) is 4.35. The molecule has 0 aliphatic carbocycles. The highest BCUT2D eigenvalue weighted by atomic mass is 32.2. The molecule has 0 aliphatic heterocycles. The largest absolute Gasteiger partial charge is 0.302 e. The number of fused-ring (bicyclic) bond motifs is 1. The molecule has 3 nitrogen and oxygen atoms in total. The van der Waals surface area contributed by atoms with Gasteiger partial charge in [-0.05, 0) is 54.5 Å². The first-order valence-electron chi connectivity index (χ1n) is 7.94. The second-order valence-corrected chi connectivity index (χ2v) is 8.12. The highest BCUT2D eigenvalue weighted by Crippen LogP contribution is 2.29. The summed E-state index contributed by atoms with van der Waals surface area (Å²) in [4.78, 5) is 18.1. The van der Waals surface area contributed by atoms with E-state index in [0.29, 0.717) is 11.6 Å². The van der Waals surface area contributed by atoms with Gasteiger partial charge in [0, 0.05) is 4.90 Å². The number of anilines is 1. The molecule has 0 atom stereocenters. The lowest BCUT2D eigenvalue weighted by atomic mass is 10.1. The number of nitrogens with one attached hydrogen (secondary N) is 1. The number of hydrogen-bond acceptors (Lipinski definition) is 4. The van der Waals surface area contributed by atoms with Crippen LogP contribution in [0.3, 0.4) is 0 Å². The third-order valence-corrected chi connectivity index (χ3v) is 5.49. The molecular weight excluding hydrogens is 336 g/mol. The van der Waals surface area contributed by atoms with E-state index < -0.39 is 0 Å². The van der Waals surface area contributed by atoms with Crippen molar-refractivity contribution in [2.75, 3.05) is 11.1 Å². The van der Waals surface area contributed by atoms with Crippen LogP contribution in [0.25, 0.3) is 10.2 Å². The van der Waals surface area contributed by atoms with Crippen molar-refractivity contribution in [1.82, 2.24) is 4.98 Å². The number of nitrogens with zero attached hydrogens (tertiary/aromatic N) is 1. The van der Waals surface area contributed by atoms with E-state index in [4.69, 9.17) is 0 Å². The maximum absolute atomic E-state index is 12.3. The minimum absolute atomic E-state index is 0.0284. The van der Waals surface area contributed by atoms with Gasteiger partial charge in [-0.3, -0.25) is 4.79 Å². The predicted octanol–water partition coefficient (Wildman–Crippen LogP) is 5.21. The normalized spacial score (nSPS) is 11.0. The molecule has 0 saturated carbocycles. The standard InChI is InChI=1S/C19H20N2OS2/c1-4-23-15-7-5-14(6-8-15)11-17(22)20-19-21-18-13(3)9-12(2)10-16(18)24-19/h5-10H,4,11H2,1-3H3,(H,20,21,22). The molecule has 0 radical (unpaired) electrons. The maximum Gasteiger partial charge on any atom is 0.230 e. The lowest BCUT2D eigenvalue weighted by Crippen LogP contribution is -2.14. The minimum atomic E-state index is -0.0284. The number of benzene rings is 2. The fourth-order valence-corrected chi connectivity index (χ4v) is 4.36. The zero-order valence-corrected chi connectivity index (χ0v) is 15.7. The average Bonchev–Trinajstić information content (AvgIpc) is 2.92. The third-order valence-electron chi connectivity index (χ3n) is 3.68. The van der Waals surface area contributed by atoms with Crippen LogP contribution in [0, 0.1) is 13.8 Å². The number of hydrogen-bond donors (Lipinski definition) is 1. The number of aromatic nitrogens is 1. The Bertz CT molecular complexity index is 869. The first-order valence-corrected chi connectivity index (χ1v) is 9.74. The van der Waals surface area contributed by atoms with E-state index in [9.17, 15) is 4.79 Å². The van der Waals surface area contributed by atoms with Crippen molar-refractivity contribution < 1.29 is 4.79 Å². The second-order valence-electron chi connectivity index (χ2n) is 5.75. The van der Waals surface area contributed by atoms with Crippen LogP contribution >= 0.6 is 23.1 Å². The lowest BCUT2D eigenvalue weighted by Gasteiger charge is -2.03. The number of aryl methyl sites for hydroxylation is 2. The molecule has 1 amide bonds. The molecule has 124 valence electrons. The molecule has 2 aromatic carbocycles. The number of amides is 1. The molecule has 5 heteroatoms. The van der Waals surface area contributed by atoms with Gasteiger partial charge in [0.05, 0.1) is 16.6 Å². The Balaban J connectivity index is 1.69. The fourth-order valence-electron chi connectivity index (χ4n) is 2.64. The zero-order chi connectivity index (χ0) is 17.1. The second kappa shape index (κ2) is 7.36. The summed E-state index contributed by atoms with van der Waals surface area (Å²) in [5, 5.41) is 3.60. The number of carbonyl (C=O) groups is 1. The van der Waals surface area contributed by atoms with Crippen LogP contribution in [0.5, 0.6) is 0 Å². The molecule has 0 saturated heterocycles. The SMILES string of the molecule is CCSc1ccc(CC(=O)Nc2nc3c(C)cc(C)cc3s2)cc1. The summed E-state index contributed by atoms with van der Waals surface area (Å²) in [5.74, 6) is 1.02. The molecule has 0 aliphatic rings. The van der Waals surface area contributed by atoms with Crippen molar-refractivity contribution in [1.29, 1.82) is 0 Å². The van der Waals surface area contributed by atoms with Crippen LogP contribution in [0.1, 0.15) is 23.6 Å². The van der Waals surface area contributed by atoms with Crippen molar-refractivity contribution >= 4 is 44.4 Å². The summed E-state index contributed by atoms with van der Waals surface area (Å²) in [6.07, 6.45) is 0.366. The van der Waals surface area contributed by atoms with Crippen molar-refractivity contribution in [3.63, 3.8) is 0 Å². The van der Waals surface area contributed by atoms with Crippen LogP contribution < -0.4 is 5.32 Å². The van der Waals surface area contributed by atoms with Gasteiger partial charge in [0.1, 0.15) is 0 Å². The molecule has 0 unspecified atom stereocenters. The summed E-state index contributed by atoms with van der Waals surface area (Å²) in [6.45, 7) is 6.26. The van der Waals surface area contributed by atoms with Gasteiger partial charge in [-0.15, -0.1) is 11.8 Å². The zero-order valence-electron chi connectivity index (χ0n) is 14.1. The van der Waals surface area contributed by atoms with E-state index in [-0.39, 0.29) is 5.91 Å². The lowest BCUT2D eigenvalue weighted by molar-refractivity contribution is -0.115. The molecule has 0 bridgehead atoms. The van der Waals surface area contributed by atoms with Gasteiger partial charge in [0.25, 0.3) is 0 Å². The quantitative estimate of drug-likeness (QED) is 0.638. The van der Waals surface area contributed by atoms with Gasteiger partial charge < -0.3 is 5.32 Å². The smallest absolute Gasteiger partial charge is 0.230 e. The van der Waals surface area contributed by atoms with Gasteiger partial charge in [-0.25, -0.2) is 4.98 Å². The van der Waals surface area contributed by atoms with Gasteiger partial charge in [0.15, 0.2) is 5.13 Å². The molecule has 0 fully saturated rings. The van der Waals surface area contributed by atoms with Gasteiger partial charge in [-0.2, -0.15) is 0 Å². The van der Waals surface area contributed by atoms with E-state index in [1.165, 1.54) is 21.8 Å². The summed E-state index contributed by atoms with van der Waals surface area (Å²) >= 11 is 3.33. The molecule has 24 heavy (non-hydrogen) atoms. The minimum Gasteiger partial charge on any atom is -0.302 e. The number of carbonyl (C=O) groups excluding carboxylic acids is 1. The Kier molecular flexibility index (Phi) is 5.21. The first kappa shape index (κ1) is 17.0. The van der Waals surface area contributed by atoms with Crippen LogP contribution in [-0.2, 0) is 11.2 Å². The van der Waals surface area contributed by atoms with E-state index >= 15 is 0 Å². The Morgan fingerprint density at radius 3 is 2.67 bits per heavy atom. The molecule has 1 N–H and O–H groups in total. The Hall–Kier alpha value is -1.85. The predicted molar refractivity (Wildman–Crippen MR) is 104 cm³/mol. The summed E-state index contributed by atoms with van der Waals surface area (Å²) < 4.78 is 1.11.